The van der Waals surface area contributed by atoms with Crippen molar-refractivity contribution >= 4 is 15.7 Å². The van der Waals surface area contributed by atoms with Gasteiger partial charge in [0.15, 0.2) is 0 Å². The number of sulfonamides is 1. The minimum atomic E-state index is -3.59. The van der Waals surface area contributed by atoms with Gasteiger partial charge in [0.1, 0.15) is 0 Å². The van der Waals surface area contributed by atoms with Gasteiger partial charge in [-0.1, -0.05) is 12.8 Å². The lowest BCUT2D eigenvalue weighted by atomic mass is 9.87. The highest BCUT2D eigenvalue weighted by Gasteiger charge is 2.25. The van der Waals surface area contributed by atoms with E-state index < -0.39 is 16.1 Å². The number of nitrogens with one attached hydrogen (secondary N) is 1. The van der Waals surface area contributed by atoms with Crippen molar-refractivity contribution in [2.45, 2.75) is 50.5 Å². The van der Waals surface area contributed by atoms with Crippen molar-refractivity contribution in [2.24, 2.45) is 5.92 Å². The smallest absolute Gasteiger partial charge is 0.240 e. The van der Waals surface area contributed by atoms with Gasteiger partial charge in [-0.05, 0) is 55.9 Å². The summed E-state index contributed by atoms with van der Waals surface area (Å²) in [5.74, 6) is -0.00239. The molecule has 4 N–H and O–H groups in total. The van der Waals surface area contributed by atoms with E-state index in [0.717, 1.165) is 36.8 Å². The number of hydrogen-bond donors (Lipinski definition) is 3. The fourth-order valence-corrected chi connectivity index (χ4v) is 3.95. The lowest BCUT2D eigenvalue weighted by Gasteiger charge is -2.27. The van der Waals surface area contributed by atoms with Gasteiger partial charge in [-0.2, -0.15) is 0 Å². The molecule has 5 nitrogen and oxygen atoms in total. The summed E-state index contributed by atoms with van der Waals surface area (Å²) in [6.07, 6.45) is 3.26. The first-order valence-corrected chi connectivity index (χ1v) is 8.84. The van der Waals surface area contributed by atoms with Crippen molar-refractivity contribution in [3.8, 4) is 0 Å². The first kappa shape index (κ1) is 16.3. The van der Waals surface area contributed by atoms with Gasteiger partial charge < -0.3 is 10.8 Å². The highest BCUT2D eigenvalue weighted by atomic mass is 32.2. The zero-order valence-corrected chi connectivity index (χ0v) is 13.4. The molecule has 2 atom stereocenters. The van der Waals surface area contributed by atoms with Crippen molar-refractivity contribution in [2.75, 3.05) is 12.3 Å². The van der Waals surface area contributed by atoms with Crippen LogP contribution in [0, 0.1) is 19.8 Å². The summed E-state index contributed by atoms with van der Waals surface area (Å²) in [7, 11) is -3.59. The molecule has 6 heteroatoms. The molecule has 118 valence electrons. The van der Waals surface area contributed by atoms with Crippen LogP contribution in [0.4, 0.5) is 5.69 Å². The van der Waals surface area contributed by atoms with Gasteiger partial charge in [0.2, 0.25) is 10.0 Å². The van der Waals surface area contributed by atoms with Gasteiger partial charge in [0.25, 0.3) is 0 Å². The van der Waals surface area contributed by atoms with Crippen molar-refractivity contribution in [1.29, 1.82) is 0 Å². The number of nitrogens with two attached hydrogens (primary N) is 1. The molecule has 0 radical (unpaired) electrons. The van der Waals surface area contributed by atoms with Crippen LogP contribution in [0.2, 0.25) is 0 Å². The van der Waals surface area contributed by atoms with Crippen LogP contribution in [0.3, 0.4) is 0 Å². The first-order valence-electron chi connectivity index (χ1n) is 7.35. The Labute approximate surface area is 126 Å². The Balaban J connectivity index is 2.11. The predicted octanol–water partition coefficient (Wildman–Crippen LogP) is 1.72. The van der Waals surface area contributed by atoms with Crippen LogP contribution in [0.1, 0.15) is 36.8 Å². The lowest BCUT2D eigenvalue weighted by molar-refractivity contribution is 0.0724. The zero-order chi connectivity index (χ0) is 15.6. The lowest BCUT2D eigenvalue weighted by Crippen LogP contribution is -2.36. The Morgan fingerprint density at radius 2 is 1.95 bits per heavy atom. The third kappa shape index (κ3) is 3.75. The summed E-state index contributed by atoms with van der Waals surface area (Å²) >= 11 is 0. The standard InChI is InChI=1S/C15H24N2O3S/c1-10-7-13(8-14(16)11(10)2)21(19,20)17-9-12-5-3-4-6-15(12)18/h7-8,12,15,17-18H,3-6,9,16H2,1-2H3. The number of nitrogen functional groups attached to an aromatic ring is 1. The topological polar surface area (TPSA) is 92.4 Å². The zero-order valence-electron chi connectivity index (χ0n) is 12.6. The summed E-state index contributed by atoms with van der Waals surface area (Å²) in [6, 6.07) is 3.12. The van der Waals surface area contributed by atoms with Gasteiger partial charge in [-0.15, -0.1) is 0 Å². The number of benzene rings is 1. The Bertz CT molecular complexity index is 590. The average molecular weight is 312 g/mol. The Morgan fingerprint density at radius 3 is 2.57 bits per heavy atom. The highest BCUT2D eigenvalue weighted by Crippen LogP contribution is 2.25. The van der Waals surface area contributed by atoms with Crippen molar-refractivity contribution in [3.05, 3.63) is 23.3 Å². The van der Waals surface area contributed by atoms with Crippen LogP contribution >= 0.6 is 0 Å². The normalized spacial score (nSPS) is 23.2. The van der Waals surface area contributed by atoms with E-state index in [1.165, 1.54) is 6.07 Å². The molecular weight excluding hydrogens is 288 g/mol. The molecule has 1 fully saturated rings. The van der Waals surface area contributed by atoms with E-state index in [9.17, 15) is 13.5 Å². The predicted molar refractivity (Wildman–Crippen MR) is 83.5 cm³/mol. The maximum Gasteiger partial charge on any atom is 0.240 e. The molecule has 21 heavy (non-hydrogen) atoms. The quantitative estimate of drug-likeness (QED) is 0.738. The van der Waals surface area contributed by atoms with E-state index in [-0.39, 0.29) is 17.4 Å². The largest absolute Gasteiger partial charge is 0.398 e. The average Bonchev–Trinajstić information content (AvgIpc) is 2.43. The first-order chi connectivity index (χ1) is 9.81. The number of hydrogen-bond acceptors (Lipinski definition) is 4. The minimum Gasteiger partial charge on any atom is -0.398 e. The molecule has 0 heterocycles. The molecule has 0 aliphatic heterocycles. The van der Waals surface area contributed by atoms with E-state index in [2.05, 4.69) is 4.72 Å². The van der Waals surface area contributed by atoms with E-state index in [1.807, 2.05) is 13.8 Å². The van der Waals surface area contributed by atoms with E-state index in [0.29, 0.717) is 5.69 Å². The summed E-state index contributed by atoms with van der Waals surface area (Å²) in [6.45, 7) is 3.98. The molecule has 0 aromatic heterocycles. The summed E-state index contributed by atoms with van der Waals surface area (Å²) < 4.78 is 27.3. The molecule has 0 amide bonds. The van der Waals surface area contributed by atoms with E-state index in [4.69, 9.17) is 5.73 Å². The van der Waals surface area contributed by atoms with Crippen LogP contribution in [0.15, 0.2) is 17.0 Å². The Morgan fingerprint density at radius 1 is 1.29 bits per heavy atom. The highest BCUT2D eigenvalue weighted by molar-refractivity contribution is 7.89. The minimum absolute atomic E-state index is 0.00239. The molecule has 0 saturated heterocycles. The van der Waals surface area contributed by atoms with E-state index >= 15 is 0 Å². The summed E-state index contributed by atoms with van der Waals surface area (Å²) in [5.41, 5.74) is 8.08. The Hall–Kier alpha value is -1.11. The molecular formula is C15H24N2O3S. The van der Waals surface area contributed by atoms with Crippen LogP contribution in [-0.4, -0.2) is 26.2 Å². The third-order valence-corrected chi connectivity index (χ3v) is 5.80. The number of aliphatic hydroxyl groups excluding tert-OH is 1. The second-order valence-electron chi connectivity index (χ2n) is 5.92. The molecule has 2 rings (SSSR count). The number of anilines is 1. The van der Waals surface area contributed by atoms with Crippen molar-refractivity contribution in [1.82, 2.24) is 4.72 Å². The molecule has 0 spiro atoms. The van der Waals surface area contributed by atoms with Gasteiger partial charge in [-0.3, -0.25) is 0 Å². The fourth-order valence-electron chi connectivity index (χ4n) is 2.73. The molecule has 1 aromatic carbocycles. The van der Waals surface area contributed by atoms with Gasteiger partial charge in [-0.25, -0.2) is 13.1 Å². The van der Waals surface area contributed by atoms with Crippen molar-refractivity contribution < 1.29 is 13.5 Å². The molecule has 1 aromatic rings. The van der Waals surface area contributed by atoms with E-state index in [1.54, 1.807) is 6.07 Å². The number of aliphatic hydroxyl groups is 1. The van der Waals surface area contributed by atoms with Crippen molar-refractivity contribution in [3.63, 3.8) is 0 Å². The molecule has 2 unspecified atom stereocenters. The number of aryl methyl sites for hydroxylation is 1. The third-order valence-electron chi connectivity index (χ3n) is 4.40. The Kier molecular flexibility index (Phi) is 4.91. The van der Waals surface area contributed by atoms with Gasteiger partial charge >= 0.3 is 0 Å². The second kappa shape index (κ2) is 6.34. The van der Waals surface area contributed by atoms with Gasteiger partial charge in [0.05, 0.1) is 11.0 Å². The van der Waals surface area contributed by atoms with Crippen LogP contribution < -0.4 is 10.5 Å². The fraction of sp³-hybridized carbons (Fsp3) is 0.600. The van der Waals surface area contributed by atoms with Crippen LogP contribution in [-0.2, 0) is 10.0 Å². The summed E-state index contributed by atoms with van der Waals surface area (Å²) in [5, 5.41) is 9.91. The summed E-state index contributed by atoms with van der Waals surface area (Å²) in [4.78, 5) is 0.188. The second-order valence-corrected chi connectivity index (χ2v) is 7.69. The monoisotopic (exact) mass is 312 g/mol. The molecule has 1 saturated carbocycles. The van der Waals surface area contributed by atoms with Gasteiger partial charge in [0, 0.05) is 12.2 Å². The number of rotatable bonds is 4. The maximum atomic E-state index is 12.3. The SMILES string of the molecule is Cc1cc(S(=O)(=O)NCC2CCCCC2O)cc(N)c1C. The molecule has 1 aliphatic rings. The molecule has 1 aliphatic carbocycles. The van der Waals surface area contributed by atoms with Crippen LogP contribution in [0.25, 0.3) is 0 Å². The molecule has 0 bridgehead atoms. The maximum absolute atomic E-state index is 12.3. The van der Waals surface area contributed by atoms with Crippen LogP contribution in [0.5, 0.6) is 0 Å².